The van der Waals surface area contributed by atoms with Gasteiger partial charge in [-0.15, -0.1) is 0 Å². The summed E-state index contributed by atoms with van der Waals surface area (Å²) in [6, 6.07) is 8.22. The number of rotatable bonds is 9. The normalized spacial score (nSPS) is 14.6. The Kier molecular flexibility index (Phi) is 8.36. The lowest BCUT2D eigenvalue weighted by molar-refractivity contribution is -0.144. The highest BCUT2D eigenvalue weighted by Gasteiger charge is 2.27. The van der Waals surface area contributed by atoms with Gasteiger partial charge in [-0.2, -0.15) is 0 Å². The topological polar surface area (TPSA) is 94.1 Å². The van der Waals surface area contributed by atoms with Crippen LogP contribution in [0, 0.1) is 0 Å². The fourth-order valence-corrected chi connectivity index (χ4v) is 3.28. The first kappa shape index (κ1) is 19.7. The Balaban J connectivity index is 2.62. The number of hydrogen-bond donors (Lipinski definition) is 2. The summed E-state index contributed by atoms with van der Waals surface area (Å²) in [6.45, 7) is -3.32. The van der Waals surface area contributed by atoms with Gasteiger partial charge in [0.15, 0.2) is 0 Å². The van der Waals surface area contributed by atoms with E-state index in [4.69, 9.17) is 16.3 Å². The van der Waals surface area contributed by atoms with Gasteiger partial charge in [0.25, 0.3) is 6.64 Å². The molecule has 0 aliphatic rings. The molecule has 0 amide bonds. The van der Waals surface area contributed by atoms with Crippen molar-refractivity contribution in [1.29, 1.82) is 0 Å². The number of esters is 2. The maximum Gasteiger partial charge on any atom is 0.323 e. The lowest BCUT2D eigenvalue weighted by Gasteiger charge is -2.22. The van der Waals surface area contributed by atoms with Crippen LogP contribution in [0.3, 0.4) is 0 Å². The third-order valence-electron chi connectivity index (χ3n) is 2.92. The molecule has 0 fully saturated rings. The van der Waals surface area contributed by atoms with Crippen LogP contribution in [0.5, 0.6) is 0 Å². The second-order valence-corrected chi connectivity index (χ2v) is 7.64. The molecule has 0 aromatic heterocycles. The smallest absolute Gasteiger partial charge is 0.323 e. The molecule has 2 unspecified atom stereocenters. The molecule has 0 heterocycles. The Morgan fingerprint density at radius 2 is 1.91 bits per heavy atom. The highest BCUT2D eigenvalue weighted by molar-refractivity contribution is 8.08. The Hall–Kier alpha value is -1.31. The number of methoxy groups -OCH3 is 2. The number of ether oxygens (including phenoxy) is 2. The quantitative estimate of drug-likeness (QED) is 0.505. The van der Waals surface area contributed by atoms with Gasteiger partial charge in [-0.1, -0.05) is 30.3 Å². The summed E-state index contributed by atoms with van der Waals surface area (Å²) in [7, 11) is 2.46. The monoisotopic (exact) mass is 361 g/mol. The van der Waals surface area contributed by atoms with Crippen molar-refractivity contribution in [2.24, 2.45) is 0 Å². The molecule has 0 bridgehead atoms. The van der Waals surface area contributed by atoms with E-state index in [1.165, 1.54) is 14.2 Å². The Labute approximate surface area is 140 Å². The van der Waals surface area contributed by atoms with Crippen LogP contribution >= 0.6 is 6.64 Å². The first-order valence-corrected chi connectivity index (χ1v) is 9.49. The fraction of sp³-hybridized carbons (Fsp3) is 0.429. The van der Waals surface area contributed by atoms with E-state index in [2.05, 4.69) is 14.6 Å². The molecule has 7 nitrogen and oxygen atoms in total. The van der Waals surface area contributed by atoms with Crippen molar-refractivity contribution in [2.75, 3.05) is 14.2 Å². The van der Waals surface area contributed by atoms with Gasteiger partial charge < -0.3 is 18.9 Å². The average molecular weight is 361 g/mol. The maximum atomic E-state index is 11.7. The van der Waals surface area contributed by atoms with Crippen molar-refractivity contribution < 1.29 is 28.5 Å². The van der Waals surface area contributed by atoms with E-state index in [0.29, 0.717) is 0 Å². The lowest BCUT2D eigenvalue weighted by atomic mass is 10.2. The first-order chi connectivity index (χ1) is 10.9. The molecule has 2 atom stereocenters. The standard InChI is InChI=1S/C14H20NO6PS/c1-19-13(16)9-8-12(14(17)20-2)15-22(18,23)21-10-11-6-4-3-5-7-11/h3-7,12H,8-10H2,1-2H3,(H2,15,18,23). The van der Waals surface area contributed by atoms with Crippen LogP contribution in [-0.2, 0) is 42.0 Å². The number of benzene rings is 1. The summed E-state index contributed by atoms with van der Waals surface area (Å²) in [5.74, 6) is -1.11. The zero-order valence-electron chi connectivity index (χ0n) is 12.9. The van der Waals surface area contributed by atoms with Crippen LogP contribution in [0.2, 0.25) is 0 Å². The Morgan fingerprint density at radius 1 is 1.26 bits per heavy atom. The zero-order chi connectivity index (χ0) is 17.3. The second-order valence-electron chi connectivity index (χ2n) is 4.60. The summed E-state index contributed by atoms with van der Waals surface area (Å²) in [5, 5.41) is 2.57. The molecule has 1 aromatic carbocycles. The number of carbonyl (C=O) groups excluding carboxylic acids is 2. The number of carbonyl (C=O) groups is 2. The van der Waals surface area contributed by atoms with E-state index in [0.717, 1.165) is 5.56 Å². The Bertz CT molecular complexity index is 568. The maximum absolute atomic E-state index is 11.7. The van der Waals surface area contributed by atoms with Crippen molar-refractivity contribution in [3.05, 3.63) is 35.9 Å². The molecular weight excluding hydrogens is 341 g/mol. The third-order valence-corrected chi connectivity index (χ3v) is 4.67. The summed E-state index contributed by atoms with van der Waals surface area (Å²) in [6.07, 6.45) is 0.0598. The van der Waals surface area contributed by atoms with Gasteiger partial charge in [0.1, 0.15) is 6.04 Å². The molecule has 1 aromatic rings. The predicted molar refractivity (Wildman–Crippen MR) is 87.9 cm³/mol. The molecule has 23 heavy (non-hydrogen) atoms. The summed E-state index contributed by atoms with van der Waals surface area (Å²) < 4.78 is 14.5. The average Bonchev–Trinajstić information content (AvgIpc) is 2.56. The molecule has 0 aliphatic carbocycles. The highest BCUT2D eigenvalue weighted by Crippen LogP contribution is 2.39. The Morgan fingerprint density at radius 3 is 2.48 bits per heavy atom. The van der Waals surface area contributed by atoms with Gasteiger partial charge in [0, 0.05) is 6.42 Å². The molecule has 0 spiro atoms. The van der Waals surface area contributed by atoms with Crippen LogP contribution < -0.4 is 5.09 Å². The zero-order valence-corrected chi connectivity index (χ0v) is 14.6. The van der Waals surface area contributed by atoms with Crippen LogP contribution in [0.25, 0.3) is 0 Å². The van der Waals surface area contributed by atoms with E-state index in [1.54, 1.807) is 0 Å². The van der Waals surface area contributed by atoms with Gasteiger partial charge in [-0.25, -0.2) is 5.09 Å². The minimum Gasteiger partial charge on any atom is -0.469 e. The van der Waals surface area contributed by atoms with Gasteiger partial charge in [-0.3, -0.25) is 9.59 Å². The van der Waals surface area contributed by atoms with Crippen molar-refractivity contribution in [1.82, 2.24) is 5.09 Å². The fourth-order valence-electron chi connectivity index (χ4n) is 1.71. The molecule has 1 rings (SSSR count). The van der Waals surface area contributed by atoms with Crippen LogP contribution in [0.15, 0.2) is 30.3 Å². The van der Waals surface area contributed by atoms with Gasteiger partial charge >= 0.3 is 11.9 Å². The minimum absolute atomic E-state index is 0.0166. The van der Waals surface area contributed by atoms with Crippen molar-refractivity contribution in [3.8, 4) is 0 Å². The molecule has 0 saturated carbocycles. The minimum atomic E-state index is -3.42. The lowest BCUT2D eigenvalue weighted by Crippen LogP contribution is -2.36. The molecule has 0 saturated heterocycles. The van der Waals surface area contributed by atoms with E-state index >= 15 is 0 Å². The number of nitrogens with one attached hydrogen (secondary N) is 1. The summed E-state index contributed by atoms with van der Waals surface area (Å²) in [4.78, 5) is 33.1. The van der Waals surface area contributed by atoms with Crippen molar-refractivity contribution in [2.45, 2.75) is 25.5 Å². The van der Waals surface area contributed by atoms with E-state index < -0.39 is 24.6 Å². The first-order valence-electron chi connectivity index (χ1n) is 6.81. The largest absolute Gasteiger partial charge is 0.469 e. The van der Waals surface area contributed by atoms with E-state index in [1.807, 2.05) is 30.3 Å². The van der Waals surface area contributed by atoms with Gasteiger partial charge in [-0.05, 0) is 23.8 Å². The molecule has 0 aliphatic heterocycles. The van der Waals surface area contributed by atoms with Crippen molar-refractivity contribution in [3.63, 3.8) is 0 Å². The molecular formula is C14H20NO6PS. The second kappa shape index (κ2) is 9.75. The molecule has 9 heteroatoms. The number of hydrogen-bond acceptors (Lipinski definition) is 6. The van der Waals surface area contributed by atoms with Crippen molar-refractivity contribution >= 4 is 30.4 Å². The van der Waals surface area contributed by atoms with E-state index in [9.17, 15) is 14.5 Å². The third kappa shape index (κ3) is 7.67. The van der Waals surface area contributed by atoms with Crippen LogP contribution in [0.4, 0.5) is 0 Å². The molecule has 0 radical (unpaired) electrons. The van der Waals surface area contributed by atoms with Gasteiger partial charge in [0.05, 0.1) is 20.8 Å². The molecule has 128 valence electrons. The summed E-state index contributed by atoms with van der Waals surface area (Å²) in [5.41, 5.74) is 0.835. The van der Waals surface area contributed by atoms with Crippen LogP contribution in [0.1, 0.15) is 18.4 Å². The van der Waals surface area contributed by atoms with Crippen LogP contribution in [-0.4, -0.2) is 37.1 Å². The SMILES string of the molecule is COC(=O)CCC(NP(O)(=S)OCc1ccccc1)C(=O)OC. The van der Waals surface area contributed by atoms with E-state index in [-0.39, 0.29) is 19.4 Å². The van der Waals surface area contributed by atoms with Gasteiger partial charge in [0.2, 0.25) is 0 Å². The highest BCUT2D eigenvalue weighted by atomic mass is 32.5. The molecule has 2 N–H and O–H groups in total. The predicted octanol–water partition coefficient (Wildman–Crippen LogP) is 1.50. The summed E-state index contributed by atoms with van der Waals surface area (Å²) >= 11 is 5.00.